The Hall–Kier alpha value is -2.33. The molecule has 0 spiro atoms. The van der Waals surface area contributed by atoms with Crippen LogP contribution in [0.15, 0.2) is 36.4 Å². The maximum Gasteiger partial charge on any atom is 0.304 e. The number of halogens is 2. The van der Waals surface area contributed by atoms with Gasteiger partial charge >= 0.3 is 10.2 Å². The molecule has 214 valence electrons. The van der Waals surface area contributed by atoms with Crippen LogP contribution in [0.2, 0.25) is 10.0 Å². The van der Waals surface area contributed by atoms with Crippen LogP contribution >= 0.6 is 23.2 Å². The molecule has 11 heteroatoms. The van der Waals surface area contributed by atoms with Crippen LogP contribution in [-0.2, 0) is 26.3 Å². The molecular weight excluding hydrogens is 559 g/mol. The van der Waals surface area contributed by atoms with E-state index in [9.17, 15) is 18.0 Å². The van der Waals surface area contributed by atoms with Crippen LogP contribution in [0.1, 0.15) is 55.7 Å². The van der Waals surface area contributed by atoms with E-state index in [0.717, 1.165) is 46.3 Å². The van der Waals surface area contributed by atoms with Crippen molar-refractivity contribution in [1.82, 2.24) is 14.5 Å². The van der Waals surface area contributed by atoms with Crippen molar-refractivity contribution in [1.29, 1.82) is 0 Å². The number of nitrogens with one attached hydrogen (secondary N) is 1. The topological polar surface area (TPSA) is 90.0 Å². The third-order valence-corrected chi connectivity index (χ3v) is 9.68. The van der Waals surface area contributed by atoms with E-state index < -0.39 is 28.7 Å². The van der Waals surface area contributed by atoms with E-state index in [4.69, 9.17) is 23.2 Å². The lowest BCUT2D eigenvalue weighted by atomic mass is 9.95. The zero-order valence-electron chi connectivity index (χ0n) is 23.2. The highest BCUT2D eigenvalue weighted by atomic mass is 35.5. The molecule has 8 nitrogen and oxygen atoms in total. The summed E-state index contributed by atoms with van der Waals surface area (Å²) in [5.41, 5.74) is 2.43. The molecule has 1 saturated carbocycles. The van der Waals surface area contributed by atoms with Gasteiger partial charge in [-0.15, -0.1) is 0 Å². The molecule has 39 heavy (non-hydrogen) atoms. The molecule has 0 bridgehead atoms. The normalized spacial score (nSPS) is 15.2. The first-order chi connectivity index (χ1) is 18.3. The van der Waals surface area contributed by atoms with Gasteiger partial charge in [-0.2, -0.15) is 12.7 Å². The highest BCUT2D eigenvalue weighted by molar-refractivity contribution is 7.90. The van der Waals surface area contributed by atoms with E-state index in [1.165, 1.54) is 19.0 Å². The van der Waals surface area contributed by atoms with Crippen molar-refractivity contribution in [3.63, 3.8) is 0 Å². The van der Waals surface area contributed by atoms with Crippen LogP contribution in [0.5, 0.6) is 0 Å². The number of carbonyl (C=O) groups is 2. The number of hydrogen-bond acceptors (Lipinski definition) is 4. The van der Waals surface area contributed by atoms with Crippen molar-refractivity contribution in [3.05, 3.63) is 63.1 Å². The van der Waals surface area contributed by atoms with Gasteiger partial charge in [0.15, 0.2) is 0 Å². The maximum atomic E-state index is 14.0. The standard InChI is InChI=1S/C28H38Cl2N4O4S/c1-19-14-15-20(2)26(16-19)34(39(37,38)32(4)5)18-27(35)33(17-23-24(29)12-9-13-25(23)30)21(3)28(36)31-22-10-7-6-8-11-22/h9,12-16,21-22H,6-8,10-11,17-18H2,1-5H3,(H,31,36). The second-order valence-corrected chi connectivity index (χ2v) is 13.2. The number of anilines is 1. The molecule has 0 saturated heterocycles. The summed E-state index contributed by atoms with van der Waals surface area (Å²) >= 11 is 12.9. The highest BCUT2D eigenvalue weighted by Crippen LogP contribution is 2.29. The van der Waals surface area contributed by atoms with Crippen molar-refractivity contribution in [2.24, 2.45) is 0 Å². The third-order valence-electron chi connectivity index (χ3n) is 7.16. The molecule has 1 unspecified atom stereocenters. The first-order valence-electron chi connectivity index (χ1n) is 13.1. The molecule has 0 heterocycles. The predicted molar refractivity (Wildman–Crippen MR) is 157 cm³/mol. The second-order valence-electron chi connectivity index (χ2n) is 10.3. The molecule has 1 fully saturated rings. The van der Waals surface area contributed by atoms with Gasteiger partial charge in [0.1, 0.15) is 12.6 Å². The Morgan fingerprint density at radius 2 is 1.64 bits per heavy atom. The number of rotatable bonds is 10. The SMILES string of the molecule is Cc1ccc(C)c(N(CC(=O)N(Cc2c(Cl)cccc2Cl)C(C)C(=O)NC2CCCCC2)S(=O)(=O)N(C)C)c1. The van der Waals surface area contributed by atoms with Crippen LogP contribution in [0.3, 0.4) is 0 Å². The van der Waals surface area contributed by atoms with Gasteiger partial charge in [0.05, 0.1) is 5.69 Å². The lowest BCUT2D eigenvalue weighted by molar-refractivity contribution is -0.139. The van der Waals surface area contributed by atoms with Crippen LogP contribution < -0.4 is 9.62 Å². The van der Waals surface area contributed by atoms with Crippen molar-refractivity contribution >= 4 is 50.9 Å². The maximum absolute atomic E-state index is 14.0. The second kappa shape index (κ2) is 13.4. The minimum Gasteiger partial charge on any atom is -0.352 e. The molecule has 2 amide bonds. The molecule has 0 aliphatic heterocycles. The highest BCUT2D eigenvalue weighted by Gasteiger charge is 2.34. The molecular formula is C28H38Cl2N4O4S. The molecule has 0 radical (unpaired) electrons. The van der Waals surface area contributed by atoms with Gasteiger partial charge in [0.2, 0.25) is 11.8 Å². The van der Waals surface area contributed by atoms with Crippen molar-refractivity contribution in [2.75, 3.05) is 24.9 Å². The Labute approximate surface area is 242 Å². The monoisotopic (exact) mass is 596 g/mol. The Morgan fingerprint density at radius 3 is 2.23 bits per heavy atom. The van der Waals surface area contributed by atoms with Gasteiger partial charge in [-0.25, -0.2) is 4.31 Å². The quantitative estimate of drug-likeness (QED) is 0.413. The molecule has 1 aliphatic rings. The fourth-order valence-corrected chi connectivity index (χ4v) is 6.33. The fourth-order valence-electron chi connectivity index (χ4n) is 4.70. The Balaban J connectivity index is 2.00. The van der Waals surface area contributed by atoms with E-state index >= 15 is 0 Å². The summed E-state index contributed by atoms with van der Waals surface area (Å²) in [5.74, 6) is -0.851. The first kappa shape index (κ1) is 31.2. The summed E-state index contributed by atoms with van der Waals surface area (Å²) in [6.07, 6.45) is 5.02. The Morgan fingerprint density at radius 1 is 1.03 bits per heavy atom. The van der Waals surface area contributed by atoms with Gasteiger partial charge in [-0.05, 0) is 62.9 Å². The summed E-state index contributed by atoms with van der Waals surface area (Å²) in [5, 5.41) is 3.79. The van der Waals surface area contributed by atoms with Crippen LogP contribution in [-0.4, -0.2) is 62.2 Å². The van der Waals surface area contributed by atoms with E-state index in [2.05, 4.69) is 5.32 Å². The van der Waals surface area contributed by atoms with Gasteiger partial charge in [0.25, 0.3) is 0 Å². The largest absolute Gasteiger partial charge is 0.352 e. The molecule has 3 rings (SSSR count). The van der Waals surface area contributed by atoms with Crippen LogP contribution in [0.25, 0.3) is 0 Å². The van der Waals surface area contributed by atoms with E-state index in [1.807, 2.05) is 19.1 Å². The summed E-state index contributed by atoms with van der Waals surface area (Å²) in [4.78, 5) is 28.7. The Bertz CT molecular complexity index is 1280. The zero-order valence-corrected chi connectivity index (χ0v) is 25.5. The number of hydrogen-bond donors (Lipinski definition) is 1. The minimum atomic E-state index is -4.05. The van der Waals surface area contributed by atoms with Gasteiger partial charge in [-0.3, -0.25) is 9.59 Å². The van der Waals surface area contributed by atoms with Crippen molar-refractivity contribution in [3.8, 4) is 0 Å². The summed E-state index contributed by atoms with van der Waals surface area (Å²) < 4.78 is 29.0. The average molecular weight is 598 g/mol. The molecule has 2 aromatic carbocycles. The van der Waals surface area contributed by atoms with Crippen molar-refractivity contribution in [2.45, 2.75) is 71.5 Å². The molecule has 0 aromatic heterocycles. The summed E-state index contributed by atoms with van der Waals surface area (Å²) in [7, 11) is -1.22. The first-order valence-corrected chi connectivity index (χ1v) is 15.3. The number of carbonyl (C=O) groups excluding carboxylic acids is 2. The van der Waals surface area contributed by atoms with E-state index in [-0.39, 0.29) is 18.5 Å². The minimum absolute atomic E-state index is 0.0510. The number of nitrogens with zero attached hydrogens (tertiary/aromatic N) is 3. The number of benzene rings is 2. The van der Waals surface area contributed by atoms with Crippen LogP contribution in [0, 0.1) is 13.8 Å². The van der Waals surface area contributed by atoms with E-state index in [1.54, 1.807) is 38.1 Å². The lowest BCUT2D eigenvalue weighted by Crippen LogP contribution is -2.53. The third kappa shape index (κ3) is 7.66. The van der Waals surface area contributed by atoms with Crippen LogP contribution in [0.4, 0.5) is 5.69 Å². The number of aryl methyl sites for hydroxylation is 2. The summed E-state index contributed by atoms with van der Waals surface area (Å²) in [6.45, 7) is 4.73. The van der Waals surface area contributed by atoms with Gasteiger partial charge in [0, 0.05) is 42.3 Å². The zero-order chi connectivity index (χ0) is 28.9. The lowest BCUT2D eigenvalue weighted by Gasteiger charge is -2.34. The fraction of sp³-hybridized carbons (Fsp3) is 0.500. The van der Waals surface area contributed by atoms with Crippen molar-refractivity contribution < 1.29 is 18.0 Å². The van der Waals surface area contributed by atoms with E-state index in [0.29, 0.717) is 26.9 Å². The predicted octanol–water partition coefficient (Wildman–Crippen LogP) is 5.09. The molecule has 1 N–H and O–H groups in total. The number of amides is 2. The smallest absolute Gasteiger partial charge is 0.304 e. The molecule has 1 atom stereocenters. The van der Waals surface area contributed by atoms with Gasteiger partial charge < -0.3 is 10.2 Å². The molecule has 2 aromatic rings. The summed E-state index contributed by atoms with van der Waals surface area (Å²) in [6, 6.07) is 9.61. The Kier molecular flexibility index (Phi) is 10.7. The molecule has 1 aliphatic carbocycles. The van der Waals surface area contributed by atoms with Gasteiger partial charge in [-0.1, -0.05) is 60.7 Å². The average Bonchev–Trinajstić information content (AvgIpc) is 2.88.